The molecule has 0 fully saturated rings. The topological polar surface area (TPSA) is 77.4 Å². The molecule has 0 spiro atoms. The lowest BCUT2D eigenvalue weighted by Gasteiger charge is -1.85. The summed E-state index contributed by atoms with van der Waals surface area (Å²) in [4.78, 5) is 2.61. The number of hydrogen-bond donors (Lipinski definition) is 1. The van der Waals surface area contributed by atoms with Gasteiger partial charge in [0.2, 0.25) is 0 Å². The average Bonchev–Trinajstić information content (AvgIpc) is 2.68. The Morgan fingerprint density at radius 3 is 3.20 bits per heavy atom. The zero-order valence-electron chi connectivity index (χ0n) is 7.81. The first-order valence-electron chi connectivity index (χ1n) is 4.34. The van der Waals surface area contributed by atoms with E-state index in [9.17, 15) is 0 Å². The molecule has 0 aliphatic rings. The molecule has 0 bridgehead atoms. The molecule has 2 aromatic rings. The van der Waals surface area contributed by atoms with Crippen LogP contribution in [0.25, 0.3) is 21.3 Å². The van der Waals surface area contributed by atoms with Crippen molar-refractivity contribution in [1.29, 1.82) is 0 Å². The monoisotopic (exact) mass is 197 g/mol. The molecule has 0 unspecified atom stereocenters. The minimum atomic E-state index is 0.170. The predicted octanol–water partition coefficient (Wildman–Crippen LogP) is 2.22. The molecule has 0 saturated carbocycles. The number of rotatable bonds is 1. The summed E-state index contributed by atoms with van der Waals surface area (Å²) in [5, 5.41) is 11.2. The Kier molecular flexibility index (Phi) is 2.54. The fourth-order valence-corrected chi connectivity index (χ4v) is 1.25. The van der Waals surface area contributed by atoms with E-state index >= 15 is 0 Å². The van der Waals surface area contributed by atoms with Crippen LogP contribution in [0.2, 0.25) is 0 Å². The van der Waals surface area contributed by atoms with Crippen molar-refractivity contribution in [3.05, 3.63) is 40.4 Å². The number of fused-ring (bicyclic) bond motifs is 1. The van der Waals surface area contributed by atoms with Crippen molar-refractivity contribution >= 4 is 10.9 Å². The van der Waals surface area contributed by atoms with Gasteiger partial charge in [-0.05, 0) is 23.6 Å². The van der Waals surface area contributed by atoms with Crippen LogP contribution in [0.15, 0.2) is 29.4 Å². The van der Waals surface area contributed by atoms with Crippen molar-refractivity contribution < 1.29 is 0 Å². The van der Waals surface area contributed by atoms with E-state index in [0.29, 0.717) is 0 Å². The second-order valence-corrected chi connectivity index (χ2v) is 2.81. The average molecular weight is 197 g/mol. The van der Waals surface area contributed by atoms with Gasteiger partial charge in [-0.15, -0.1) is 0 Å². The number of aromatic amines is 1. The first-order valence-corrected chi connectivity index (χ1v) is 4.34. The van der Waals surface area contributed by atoms with Crippen molar-refractivity contribution in [2.45, 2.75) is 0 Å². The highest BCUT2D eigenvalue weighted by Crippen LogP contribution is 2.13. The number of hydrogen-bond acceptors (Lipinski definition) is 2. The molecular weight excluding hydrogens is 190 g/mol. The quantitative estimate of drug-likeness (QED) is 0.323. The molecule has 1 heterocycles. The maximum Gasteiger partial charge on any atom is 0.115 e. The van der Waals surface area contributed by atoms with Gasteiger partial charge in [0, 0.05) is 10.3 Å². The number of azide groups is 1. The maximum atomic E-state index is 8.07. The second kappa shape index (κ2) is 4.18. The molecule has 0 aliphatic heterocycles. The van der Waals surface area contributed by atoms with Crippen molar-refractivity contribution in [1.82, 2.24) is 10.2 Å². The third-order valence-corrected chi connectivity index (χ3v) is 1.89. The van der Waals surface area contributed by atoms with E-state index in [1.54, 1.807) is 0 Å². The highest BCUT2D eigenvalue weighted by Gasteiger charge is 1.99. The van der Waals surface area contributed by atoms with Crippen LogP contribution in [0.4, 0.5) is 0 Å². The van der Waals surface area contributed by atoms with Gasteiger partial charge in [0.05, 0.1) is 12.1 Å². The smallest absolute Gasteiger partial charge is 0.115 e. The molecule has 0 amide bonds. The highest BCUT2D eigenvalue weighted by atomic mass is 15.1. The zero-order valence-corrected chi connectivity index (χ0v) is 7.81. The molecule has 0 radical (unpaired) electrons. The van der Waals surface area contributed by atoms with Gasteiger partial charge in [0.15, 0.2) is 0 Å². The Labute approximate surface area is 85.7 Å². The summed E-state index contributed by atoms with van der Waals surface area (Å²) >= 11 is 0. The van der Waals surface area contributed by atoms with Gasteiger partial charge >= 0.3 is 0 Å². The molecular formula is C10H7N5. The Morgan fingerprint density at radius 1 is 1.47 bits per heavy atom. The molecule has 0 saturated heterocycles. The molecule has 1 N–H and O–H groups in total. The van der Waals surface area contributed by atoms with Crippen molar-refractivity contribution in [2.75, 3.05) is 6.54 Å². The molecule has 2 rings (SSSR count). The molecule has 1 aromatic heterocycles. The lowest BCUT2D eigenvalue weighted by Crippen LogP contribution is -1.75. The molecule has 5 nitrogen and oxygen atoms in total. The van der Waals surface area contributed by atoms with Gasteiger partial charge in [-0.25, -0.2) is 0 Å². The largest absolute Gasteiger partial charge is 0.269 e. The fraction of sp³-hybridized carbons (Fsp3) is 0.100. The number of para-hydroxylation sites is 1. The predicted molar refractivity (Wildman–Crippen MR) is 57.0 cm³/mol. The van der Waals surface area contributed by atoms with E-state index in [1.165, 1.54) is 0 Å². The third kappa shape index (κ3) is 1.90. The van der Waals surface area contributed by atoms with Crippen LogP contribution in [0, 0.1) is 11.8 Å². The summed E-state index contributed by atoms with van der Waals surface area (Å²) in [6.07, 6.45) is 0. The minimum Gasteiger partial charge on any atom is -0.269 e. The van der Waals surface area contributed by atoms with Gasteiger partial charge < -0.3 is 0 Å². The minimum absolute atomic E-state index is 0.170. The van der Waals surface area contributed by atoms with E-state index in [0.717, 1.165) is 16.6 Å². The van der Waals surface area contributed by atoms with Gasteiger partial charge in [-0.1, -0.05) is 23.2 Å². The normalized spacial score (nSPS) is 9.07. The Balaban J connectivity index is 2.35. The van der Waals surface area contributed by atoms with E-state index in [1.807, 2.05) is 24.3 Å². The summed E-state index contributed by atoms with van der Waals surface area (Å²) in [5.74, 6) is 5.61. The van der Waals surface area contributed by atoms with Crippen molar-refractivity contribution in [3.63, 3.8) is 0 Å². The van der Waals surface area contributed by atoms with E-state index in [4.69, 9.17) is 5.53 Å². The lowest BCUT2D eigenvalue weighted by atomic mass is 10.2. The zero-order chi connectivity index (χ0) is 10.5. The molecule has 0 aliphatic carbocycles. The van der Waals surface area contributed by atoms with Gasteiger partial charge in [0.1, 0.15) is 5.69 Å². The van der Waals surface area contributed by atoms with Crippen molar-refractivity contribution in [3.8, 4) is 11.8 Å². The van der Waals surface area contributed by atoms with Crippen molar-refractivity contribution in [2.24, 2.45) is 5.11 Å². The van der Waals surface area contributed by atoms with E-state index in [2.05, 4.69) is 32.1 Å². The molecule has 0 atom stereocenters. The maximum absolute atomic E-state index is 8.07. The lowest BCUT2D eigenvalue weighted by molar-refractivity contribution is 1.10. The number of benzene rings is 1. The first kappa shape index (κ1) is 9.13. The van der Waals surface area contributed by atoms with Gasteiger partial charge in [-0.2, -0.15) is 5.10 Å². The number of nitrogens with one attached hydrogen (secondary N) is 1. The Morgan fingerprint density at radius 2 is 2.33 bits per heavy atom. The highest BCUT2D eigenvalue weighted by molar-refractivity contribution is 5.83. The molecule has 72 valence electrons. The third-order valence-electron chi connectivity index (χ3n) is 1.89. The molecule has 5 heteroatoms. The number of H-pyrrole nitrogens is 1. The number of nitrogens with zero attached hydrogens (tertiary/aromatic N) is 4. The molecule has 1 aromatic carbocycles. The van der Waals surface area contributed by atoms with Gasteiger partial charge in [-0.3, -0.25) is 5.10 Å². The van der Waals surface area contributed by atoms with Crippen LogP contribution in [0.3, 0.4) is 0 Å². The number of aromatic nitrogens is 2. The summed E-state index contributed by atoms with van der Waals surface area (Å²) in [6.45, 7) is 0.170. The summed E-state index contributed by atoms with van der Waals surface area (Å²) in [7, 11) is 0. The van der Waals surface area contributed by atoms with E-state index < -0.39 is 0 Å². The van der Waals surface area contributed by atoms with Crippen LogP contribution in [-0.4, -0.2) is 16.7 Å². The van der Waals surface area contributed by atoms with Crippen LogP contribution in [0.1, 0.15) is 5.69 Å². The van der Waals surface area contributed by atoms with Gasteiger partial charge in [0.25, 0.3) is 0 Å². The van der Waals surface area contributed by atoms with Crippen LogP contribution < -0.4 is 0 Å². The fourth-order valence-electron chi connectivity index (χ4n) is 1.25. The van der Waals surface area contributed by atoms with E-state index in [-0.39, 0.29) is 6.54 Å². The molecule has 15 heavy (non-hydrogen) atoms. The standard InChI is InChI=1S/C10H7N5/c11-15-12-7-3-6-10-8-4-1-2-5-9(8)13-14-10/h1-2,4-5H,7H2,(H,13,14). The first-order chi connectivity index (χ1) is 7.42. The SMILES string of the molecule is [N-]=[N+]=NCC#Cc1[nH]nc2ccccc12. The van der Waals surface area contributed by atoms with Crippen LogP contribution >= 0.6 is 0 Å². The summed E-state index contributed by atoms with van der Waals surface area (Å²) < 4.78 is 0. The Hall–Kier alpha value is -2.44. The van der Waals surface area contributed by atoms with Crippen LogP contribution in [0.5, 0.6) is 0 Å². The van der Waals surface area contributed by atoms with Crippen LogP contribution in [-0.2, 0) is 0 Å². The summed E-state index contributed by atoms with van der Waals surface area (Å²) in [5.41, 5.74) is 9.69. The summed E-state index contributed by atoms with van der Waals surface area (Å²) in [6, 6.07) is 7.69. The second-order valence-electron chi connectivity index (χ2n) is 2.81. The Bertz CT molecular complexity index is 580.